The molecule has 2 heterocycles. The predicted molar refractivity (Wildman–Crippen MR) is 134 cm³/mol. The number of aromatic nitrogens is 1. The molecule has 0 unspecified atom stereocenters. The second-order valence-corrected chi connectivity index (χ2v) is 8.44. The number of benzene rings is 2. The molecular weight excluding hydrogens is 431 g/mol. The molecule has 1 amide bonds. The molecule has 1 aliphatic rings. The SMILES string of the molecule is CCN(CCc1ccncc1)c1ccc(NC(=O)c2cc(F)cc(N3CCOCC3)c2)cc1C. The maximum atomic E-state index is 14.3. The summed E-state index contributed by atoms with van der Waals surface area (Å²) >= 11 is 0. The number of carbonyl (C=O) groups is 1. The zero-order valence-electron chi connectivity index (χ0n) is 19.8. The van der Waals surface area contributed by atoms with Gasteiger partial charge in [-0.25, -0.2) is 4.39 Å². The van der Waals surface area contributed by atoms with Crippen LogP contribution in [0.15, 0.2) is 60.9 Å². The van der Waals surface area contributed by atoms with Crippen LogP contribution in [0, 0.1) is 12.7 Å². The van der Waals surface area contributed by atoms with Crippen LogP contribution in [0.3, 0.4) is 0 Å². The monoisotopic (exact) mass is 462 g/mol. The summed E-state index contributed by atoms with van der Waals surface area (Å²) in [6, 6.07) is 14.5. The third-order valence-corrected chi connectivity index (χ3v) is 6.12. The Balaban J connectivity index is 1.44. The quantitative estimate of drug-likeness (QED) is 0.527. The zero-order chi connectivity index (χ0) is 23.9. The smallest absolute Gasteiger partial charge is 0.255 e. The van der Waals surface area contributed by atoms with E-state index in [4.69, 9.17) is 4.74 Å². The van der Waals surface area contributed by atoms with Gasteiger partial charge in [0.25, 0.3) is 5.91 Å². The van der Waals surface area contributed by atoms with Gasteiger partial charge in [0.15, 0.2) is 0 Å². The second-order valence-electron chi connectivity index (χ2n) is 8.44. The van der Waals surface area contributed by atoms with Crippen LogP contribution in [0.5, 0.6) is 0 Å². The Morgan fingerprint density at radius 1 is 1.12 bits per heavy atom. The highest BCUT2D eigenvalue weighted by Gasteiger charge is 2.16. The molecule has 1 fully saturated rings. The molecule has 1 aromatic heterocycles. The van der Waals surface area contributed by atoms with E-state index >= 15 is 0 Å². The number of morpholine rings is 1. The van der Waals surface area contributed by atoms with E-state index < -0.39 is 5.82 Å². The number of nitrogens with zero attached hydrogens (tertiary/aromatic N) is 3. The van der Waals surface area contributed by atoms with Gasteiger partial charge in [0.05, 0.1) is 13.2 Å². The van der Waals surface area contributed by atoms with Gasteiger partial charge in [-0.15, -0.1) is 0 Å². The molecule has 34 heavy (non-hydrogen) atoms. The number of hydrogen-bond acceptors (Lipinski definition) is 5. The average Bonchev–Trinajstić information content (AvgIpc) is 2.86. The maximum absolute atomic E-state index is 14.3. The molecule has 0 saturated carbocycles. The van der Waals surface area contributed by atoms with Crippen molar-refractivity contribution in [1.82, 2.24) is 4.98 Å². The van der Waals surface area contributed by atoms with Crippen LogP contribution in [0.4, 0.5) is 21.5 Å². The molecule has 2 aromatic carbocycles. The molecule has 0 radical (unpaired) electrons. The standard InChI is InChI=1S/C27H31FN4O2/c1-3-31(11-8-21-6-9-29-10-7-21)26-5-4-24(16-20(26)2)30-27(33)22-17-23(28)19-25(18-22)32-12-14-34-15-13-32/h4-7,9-10,16-19H,3,8,11-15H2,1-2H3,(H,30,33). The molecule has 4 rings (SSSR count). The van der Waals surface area contributed by atoms with Crippen molar-refractivity contribution in [2.24, 2.45) is 0 Å². The number of amides is 1. The first-order chi connectivity index (χ1) is 16.5. The number of halogens is 1. The van der Waals surface area contributed by atoms with Gasteiger partial charge in [-0.2, -0.15) is 0 Å². The number of likely N-dealkylation sites (N-methyl/N-ethyl adjacent to an activating group) is 1. The Morgan fingerprint density at radius 2 is 1.88 bits per heavy atom. The molecule has 3 aromatic rings. The van der Waals surface area contributed by atoms with Crippen molar-refractivity contribution in [3.05, 3.63) is 83.4 Å². The summed E-state index contributed by atoms with van der Waals surface area (Å²) in [5, 5.41) is 2.92. The van der Waals surface area contributed by atoms with Gasteiger partial charge in [0, 0.05) is 61.2 Å². The first-order valence-electron chi connectivity index (χ1n) is 11.7. The predicted octanol–water partition coefficient (Wildman–Crippen LogP) is 4.69. The van der Waals surface area contributed by atoms with Crippen molar-refractivity contribution in [2.45, 2.75) is 20.3 Å². The van der Waals surface area contributed by atoms with Crippen molar-refractivity contribution in [1.29, 1.82) is 0 Å². The van der Waals surface area contributed by atoms with Crippen molar-refractivity contribution in [2.75, 3.05) is 54.5 Å². The van der Waals surface area contributed by atoms with E-state index in [2.05, 4.69) is 22.1 Å². The minimum Gasteiger partial charge on any atom is -0.378 e. The fraction of sp³-hybridized carbons (Fsp3) is 0.333. The lowest BCUT2D eigenvalue weighted by Gasteiger charge is -2.29. The number of hydrogen-bond donors (Lipinski definition) is 1. The molecule has 0 atom stereocenters. The van der Waals surface area contributed by atoms with Crippen LogP contribution in [-0.2, 0) is 11.2 Å². The van der Waals surface area contributed by atoms with Gasteiger partial charge >= 0.3 is 0 Å². The van der Waals surface area contributed by atoms with E-state index in [1.54, 1.807) is 6.07 Å². The number of anilines is 3. The lowest BCUT2D eigenvalue weighted by Crippen LogP contribution is -2.36. The van der Waals surface area contributed by atoms with Gasteiger partial charge < -0.3 is 19.9 Å². The lowest BCUT2D eigenvalue weighted by molar-refractivity contribution is 0.102. The van der Waals surface area contributed by atoms with Gasteiger partial charge in [-0.1, -0.05) is 0 Å². The topological polar surface area (TPSA) is 57.7 Å². The maximum Gasteiger partial charge on any atom is 0.255 e. The number of aryl methyl sites for hydroxylation is 1. The molecule has 0 bridgehead atoms. The summed E-state index contributed by atoms with van der Waals surface area (Å²) in [6.45, 7) is 8.50. The van der Waals surface area contributed by atoms with Crippen LogP contribution in [0.1, 0.15) is 28.4 Å². The van der Waals surface area contributed by atoms with Crippen LogP contribution < -0.4 is 15.1 Å². The third kappa shape index (κ3) is 5.91. The van der Waals surface area contributed by atoms with E-state index in [0.29, 0.717) is 43.2 Å². The summed E-state index contributed by atoms with van der Waals surface area (Å²) in [6.07, 6.45) is 4.56. The molecule has 1 N–H and O–H groups in total. The Morgan fingerprint density at radius 3 is 2.59 bits per heavy atom. The number of rotatable bonds is 8. The second kappa shape index (κ2) is 11.1. The van der Waals surface area contributed by atoms with Crippen molar-refractivity contribution < 1.29 is 13.9 Å². The lowest BCUT2D eigenvalue weighted by atomic mass is 10.1. The summed E-state index contributed by atoms with van der Waals surface area (Å²) in [5.74, 6) is -0.750. The summed E-state index contributed by atoms with van der Waals surface area (Å²) in [4.78, 5) is 21.3. The van der Waals surface area contributed by atoms with Gasteiger partial charge in [0.2, 0.25) is 0 Å². The summed E-state index contributed by atoms with van der Waals surface area (Å²) in [7, 11) is 0. The van der Waals surface area contributed by atoms with Crippen molar-refractivity contribution in [3.63, 3.8) is 0 Å². The number of nitrogens with one attached hydrogen (secondary N) is 1. The first-order valence-corrected chi connectivity index (χ1v) is 11.7. The normalized spacial score (nSPS) is 13.6. The minimum absolute atomic E-state index is 0.302. The first kappa shape index (κ1) is 23.7. The fourth-order valence-corrected chi connectivity index (χ4v) is 4.26. The van der Waals surface area contributed by atoms with Crippen LogP contribution >= 0.6 is 0 Å². The van der Waals surface area contributed by atoms with Crippen LogP contribution in [0.25, 0.3) is 0 Å². The summed E-state index contributed by atoms with van der Waals surface area (Å²) < 4.78 is 19.6. The Hall–Kier alpha value is -3.45. The van der Waals surface area contributed by atoms with Crippen molar-refractivity contribution in [3.8, 4) is 0 Å². The zero-order valence-corrected chi connectivity index (χ0v) is 19.8. The molecule has 6 nitrogen and oxygen atoms in total. The Kier molecular flexibility index (Phi) is 7.75. The summed E-state index contributed by atoms with van der Waals surface area (Å²) in [5.41, 5.74) is 5.15. The molecule has 7 heteroatoms. The van der Waals surface area contributed by atoms with E-state index in [0.717, 1.165) is 30.8 Å². The number of pyridine rings is 1. The van der Waals surface area contributed by atoms with E-state index in [9.17, 15) is 9.18 Å². The molecule has 0 spiro atoms. The number of ether oxygens (including phenoxy) is 1. The van der Waals surface area contributed by atoms with E-state index in [-0.39, 0.29) is 5.91 Å². The van der Waals surface area contributed by atoms with E-state index in [1.807, 2.05) is 54.5 Å². The highest BCUT2D eigenvalue weighted by atomic mass is 19.1. The molecular formula is C27H31FN4O2. The fourth-order valence-electron chi connectivity index (χ4n) is 4.26. The molecule has 178 valence electrons. The van der Waals surface area contributed by atoms with Gasteiger partial charge in [-0.3, -0.25) is 9.78 Å². The highest BCUT2D eigenvalue weighted by molar-refractivity contribution is 6.05. The third-order valence-electron chi connectivity index (χ3n) is 6.12. The van der Waals surface area contributed by atoms with Crippen molar-refractivity contribution >= 4 is 23.0 Å². The minimum atomic E-state index is -0.423. The average molecular weight is 463 g/mol. The Bertz CT molecular complexity index is 1120. The molecule has 1 aliphatic heterocycles. The van der Waals surface area contributed by atoms with Gasteiger partial charge in [0.1, 0.15) is 5.82 Å². The highest BCUT2D eigenvalue weighted by Crippen LogP contribution is 2.25. The largest absolute Gasteiger partial charge is 0.378 e. The van der Waals surface area contributed by atoms with Crippen LogP contribution in [0.2, 0.25) is 0 Å². The molecule has 0 aliphatic carbocycles. The number of carbonyl (C=O) groups excluding carboxylic acids is 1. The van der Waals surface area contributed by atoms with E-state index in [1.165, 1.54) is 17.7 Å². The molecule has 1 saturated heterocycles. The van der Waals surface area contributed by atoms with Gasteiger partial charge in [-0.05, 0) is 79.9 Å². The van der Waals surface area contributed by atoms with Crippen LogP contribution in [-0.4, -0.2) is 50.3 Å². The Labute approximate surface area is 200 Å².